The molecule has 0 aliphatic carbocycles. The van der Waals surface area contributed by atoms with Gasteiger partial charge < -0.3 is 14.2 Å². The highest BCUT2D eigenvalue weighted by Crippen LogP contribution is 2.41. The number of rotatable bonds is 7. The predicted molar refractivity (Wildman–Crippen MR) is 135 cm³/mol. The van der Waals surface area contributed by atoms with E-state index in [-0.39, 0.29) is 5.91 Å². The van der Waals surface area contributed by atoms with Crippen molar-refractivity contribution in [3.8, 4) is 28.5 Å². The first kappa shape index (κ1) is 23.7. The van der Waals surface area contributed by atoms with Crippen LogP contribution in [0.3, 0.4) is 0 Å². The molecule has 35 heavy (non-hydrogen) atoms. The smallest absolute Gasteiger partial charge is 0.272 e. The standard InChI is InChI=1S/C26H27N5O4/c1-15-20(16(2)31(3)30-15)14-27-29-26(32)19-13-22(28-21-10-8-7-9-18(19)21)17-11-23(33-4)25(35-6)24(12-17)34-5/h7-14H,1-6H3,(H,29,32)/b27-14+. The molecule has 180 valence electrons. The van der Waals surface area contributed by atoms with Crippen LogP contribution >= 0.6 is 0 Å². The molecule has 4 rings (SSSR count). The molecular weight excluding hydrogens is 446 g/mol. The van der Waals surface area contributed by atoms with Crippen LogP contribution in [-0.2, 0) is 7.05 Å². The molecule has 0 radical (unpaired) electrons. The van der Waals surface area contributed by atoms with E-state index in [4.69, 9.17) is 19.2 Å². The number of pyridine rings is 1. The Morgan fingerprint density at radius 2 is 1.71 bits per heavy atom. The van der Waals surface area contributed by atoms with Crippen LogP contribution in [0.25, 0.3) is 22.2 Å². The maximum atomic E-state index is 13.2. The second-order valence-electron chi connectivity index (χ2n) is 7.89. The maximum absolute atomic E-state index is 13.2. The van der Waals surface area contributed by atoms with Crippen molar-refractivity contribution in [1.82, 2.24) is 20.2 Å². The van der Waals surface area contributed by atoms with E-state index < -0.39 is 0 Å². The summed E-state index contributed by atoms with van der Waals surface area (Å²) in [6, 6.07) is 12.8. The monoisotopic (exact) mass is 473 g/mol. The number of para-hydroxylation sites is 1. The molecule has 0 bridgehead atoms. The lowest BCUT2D eigenvalue weighted by Gasteiger charge is -2.15. The molecule has 0 fully saturated rings. The Labute approximate surface area is 203 Å². The Hall–Kier alpha value is -4.40. The van der Waals surface area contributed by atoms with Gasteiger partial charge in [-0.1, -0.05) is 18.2 Å². The van der Waals surface area contributed by atoms with Crippen molar-refractivity contribution in [3.05, 3.63) is 65.0 Å². The molecular formula is C26H27N5O4. The minimum Gasteiger partial charge on any atom is -0.493 e. The number of benzene rings is 2. The van der Waals surface area contributed by atoms with Crippen LogP contribution in [0.5, 0.6) is 17.2 Å². The quantitative estimate of drug-likeness (QED) is 0.321. The normalized spacial score (nSPS) is 11.1. The van der Waals surface area contributed by atoms with Crippen molar-refractivity contribution in [2.75, 3.05) is 21.3 Å². The molecule has 2 aromatic carbocycles. The second kappa shape index (κ2) is 9.84. The Morgan fingerprint density at radius 1 is 1.03 bits per heavy atom. The average molecular weight is 474 g/mol. The average Bonchev–Trinajstić information content (AvgIpc) is 3.12. The second-order valence-corrected chi connectivity index (χ2v) is 7.89. The van der Waals surface area contributed by atoms with E-state index in [0.717, 1.165) is 17.0 Å². The molecule has 2 aromatic heterocycles. The molecule has 0 aliphatic rings. The lowest BCUT2D eigenvalue weighted by Crippen LogP contribution is -2.18. The van der Waals surface area contributed by atoms with Crippen LogP contribution in [0.15, 0.2) is 47.6 Å². The van der Waals surface area contributed by atoms with Gasteiger partial charge >= 0.3 is 0 Å². The fourth-order valence-electron chi connectivity index (χ4n) is 3.93. The molecule has 0 aliphatic heterocycles. The van der Waals surface area contributed by atoms with E-state index in [1.165, 1.54) is 0 Å². The highest BCUT2D eigenvalue weighted by Gasteiger charge is 2.18. The lowest BCUT2D eigenvalue weighted by molar-refractivity contribution is 0.0956. The summed E-state index contributed by atoms with van der Waals surface area (Å²) in [7, 11) is 6.52. The molecule has 0 saturated heterocycles. The Bertz CT molecular complexity index is 1420. The fourth-order valence-corrected chi connectivity index (χ4v) is 3.93. The zero-order valence-corrected chi connectivity index (χ0v) is 20.5. The van der Waals surface area contributed by atoms with Gasteiger partial charge in [-0.05, 0) is 38.1 Å². The largest absolute Gasteiger partial charge is 0.493 e. The number of amides is 1. The zero-order valence-electron chi connectivity index (χ0n) is 20.5. The predicted octanol–water partition coefficient (Wildman–Crippen LogP) is 4.04. The minimum atomic E-state index is -0.354. The van der Waals surface area contributed by atoms with Crippen molar-refractivity contribution in [1.29, 1.82) is 0 Å². The van der Waals surface area contributed by atoms with Crippen LogP contribution in [0.1, 0.15) is 27.3 Å². The van der Waals surface area contributed by atoms with Gasteiger partial charge in [0.25, 0.3) is 5.91 Å². The SMILES string of the molecule is COc1cc(-c2cc(C(=O)N/N=C/c3c(C)nn(C)c3C)c3ccccc3n2)cc(OC)c1OC. The van der Waals surface area contributed by atoms with Crippen LogP contribution in [0, 0.1) is 13.8 Å². The molecule has 9 nitrogen and oxygen atoms in total. The number of hydrazone groups is 1. The van der Waals surface area contributed by atoms with Crippen molar-refractivity contribution in [2.24, 2.45) is 12.1 Å². The highest BCUT2D eigenvalue weighted by atomic mass is 16.5. The van der Waals surface area contributed by atoms with Crippen molar-refractivity contribution >= 4 is 23.0 Å². The van der Waals surface area contributed by atoms with Crippen LogP contribution in [-0.4, -0.2) is 48.2 Å². The molecule has 0 saturated carbocycles. The van der Waals surface area contributed by atoms with Gasteiger partial charge in [-0.25, -0.2) is 10.4 Å². The summed E-state index contributed by atoms with van der Waals surface area (Å²) in [6.07, 6.45) is 1.61. The third-order valence-electron chi connectivity index (χ3n) is 5.85. The number of fused-ring (bicyclic) bond motifs is 1. The number of hydrogen-bond acceptors (Lipinski definition) is 7. The van der Waals surface area contributed by atoms with E-state index in [9.17, 15) is 4.79 Å². The summed E-state index contributed by atoms with van der Waals surface area (Å²) in [5.74, 6) is 1.12. The topological polar surface area (TPSA) is 99.9 Å². The van der Waals surface area contributed by atoms with Crippen molar-refractivity contribution < 1.29 is 19.0 Å². The first-order chi connectivity index (χ1) is 16.9. The van der Waals surface area contributed by atoms with Gasteiger partial charge in [-0.3, -0.25) is 9.48 Å². The summed E-state index contributed by atoms with van der Waals surface area (Å²) in [4.78, 5) is 18.0. The molecule has 0 unspecified atom stereocenters. The summed E-state index contributed by atoms with van der Waals surface area (Å²) >= 11 is 0. The fraction of sp³-hybridized carbons (Fsp3) is 0.231. The summed E-state index contributed by atoms with van der Waals surface area (Å²) in [5, 5.41) is 9.27. The maximum Gasteiger partial charge on any atom is 0.272 e. The number of aryl methyl sites for hydroxylation is 2. The number of aromatic nitrogens is 3. The minimum absolute atomic E-state index is 0.354. The van der Waals surface area contributed by atoms with Crippen LogP contribution in [0.2, 0.25) is 0 Å². The molecule has 0 spiro atoms. The number of carbonyl (C=O) groups excluding carboxylic acids is 1. The van der Waals surface area contributed by atoms with Crippen LogP contribution in [0.4, 0.5) is 0 Å². The first-order valence-corrected chi connectivity index (χ1v) is 10.9. The molecule has 4 aromatic rings. The molecule has 9 heteroatoms. The van der Waals surface area contributed by atoms with E-state index in [1.807, 2.05) is 45.2 Å². The number of hydrogen-bond donors (Lipinski definition) is 1. The van der Waals surface area contributed by atoms with E-state index in [2.05, 4.69) is 15.6 Å². The van der Waals surface area contributed by atoms with Gasteiger partial charge in [0.05, 0.1) is 50.0 Å². The Kier molecular flexibility index (Phi) is 6.68. The van der Waals surface area contributed by atoms with Gasteiger partial charge in [0.1, 0.15) is 0 Å². The number of nitrogens with zero attached hydrogens (tertiary/aromatic N) is 4. The van der Waals surface area contributed by atoms with E-state index in [1.54, 1.807) is 50.4 Å². The Morgan fingerprint density at radius 3 is 2.31 bits per heavy atom. The molecule has 1 amide bonds. The van der Waals surface area contributed by atoms with Gasteiger partial charge in [-0.2, -0.15) is 10.2 Å². The van der Waals surface area contributed by atoms with E-state index >= 15 is 0 Å². The molecule has 1 N–H and O–H groups in total. The third kappa shape index (κ3) is 4.52. The highest BCUT2D eigenvalue weighted by molar-refractivity contribution is 6.07. The van der Waals surface area contributed by atoms with Gasteiger partial charge in [0.2, 0.25) is 5.75 Å². The van der Waals surface area contributed by atoms with Crippen molar-refractivity contribution in [3.63, 3.8) is 0 Å². The molecule has 0 atom stereocenters. The van der Waals surface area contributed by atoms with Gasteiger partial charge in [0, 0.05) is 29.3 Å². The number of nitrogens with one attached hydrogen (secondary N) is 1. The van der Waals surface area contributed by atoms with Crippen molar-refractivity contribution in [2.45, 2.75) is 13.8 Å². The van der Waals surface area contributed by atoms with Crippen LogP contribution < -0.4 is 19.6 Å². The van der Waals surface area contributed by atoms with E-state index in [0.29, 0.717) is 45.0 Å². The number of carbonyl (C=O) groups is 1. The number of methoxy groups -OCH3 is 3. The summed E-state index contributed by atoms with van der Waals surface area (Å²) in [6.45, 7) is 3.85. The summed E-state index contributed by atoms with van der Waals surface area (Å²) < 4.78 is 18.2. The first-order valence-electron chi connectivity index (χ1n) is 10.9. The van der Waals surface area contributed by atoms with Gasteiger partial charge in [0.15, 0.2) is 11.5 Å². The summed E-state index contributed by atoms with van der Waals surface area (Å²) in [5.41, 5.74) is 7.71. The Balaban J connectivity index is 1.75. The zero-order chi connectivity index (χ0) is 25.1. The van der Waals surface area contributed by atoms with Gasteiger partial charge in [-0.15, -0.1) is 0 Å². The third-order valence-corrected chi connectivity index (χ3v) is 5.85. The number of ether oxygens (including phenoxy) is 3. The molecule has 2 heterocycles. The lowest BCUT2D eigenvalue weighted by atomic mass is 10.0.